The van der Waals surface area contributed by atoms with Crippen LogP contribution in [0.1, 0.15) is 5.56 Å². The zero-order valence-corrected chi connectivity index (χ0v) is 15.1. The Morgan fingerprint density at radius 3 is 2.79 bits per heavy atom. The molecule has 0 aliphatic carbocycles. The van der Waals surface area contributed by atoms with Crippen LogP contribution in [0, 0.1) is 0 Å². The second-order valence-corrected chi connectivity index (χ2v) is 6.89. The Labute approximate surface area is 152 Å². The van der Waals surface area contributed by atoms with Gasteiger partial charge in [-0.1, -0.05) is 70.2 Å². The molecular formula is C18H15BrN2O2S. The van der Waals surface area contributed by atoms with Gasteiger partial charge in [0.1, 0.15) is 0 Å². The number of oxazole rings is 1. The average Bonchev–Trinajstić information content (AvgIpc) is 3.08. The van der Waals surface area contributed by atoms with Gasteiger partial charge in [-0.15, -0.1) is 0 Å². The second kappa shape index (κ2) is 8.17. The van der Waals surface area contributed by atoms with Crippen molar-refractivity contribution in [1.82, 2.24) is 10.3 Å². The largest absolute Gasteiger partial charge is 0.431 e. The zero-order chi connectivity index (χ0) is 16.8. The number of nitrogens with one attached hydrogen (secondary N) is 1. The predicted molar refractivity (Wildman–Crippen MR) is 98.7 cm³/mol. The quantitative estimate of drug-likeness (QED) is 0.616. The lowest BCUT2D eigenvalue weighted by molar-refractivity contribution is -0.118. The van der Waals surface area contributed by atoms with Crippen molar-refractivity contribution in [3.8, 4) is 11.3 Å². The summed E-state index contributed by atoms with van der Waals surface area (Å²) in [4.78, 5) is 16.1. The third kappa shape index (κ3) is 4.72. The summed E-state index contributed by atoms with van der Waals surface area (Å²) in [5.74, 6) is 0.903. The van der Waals surface area contributed by atoms with Crippen LogP contribution in [0.15, 0.2) is 74.9 Å². The Bertz CT molecular complexity index is 821. The smallest absolute Gasteiger partial charge is 0.256 e. The van der Waals surface area contributed by atoms with Crippen LogP contribution in [0.4, 0.5) is 0 Å². The maximum Gasteiger partial charge on any atom is 0.256 e. The zero-order valence-electron chi connectivity index (χ0n) is 12.7. The summed E-state index contributed by atoms with van der Waals surface area (Å²) in [6.07, 6.45) is 1.67. The van der Waals surface area contributed by atoms with Crippen LogP contribution < -0.4 is 5.32 Å². The standard InChI is InChI=1S/C18H15BrN2O2S/c19-15-8-4-7-14(9-15)16-11-21-18(23-16)24-12-17(22)20-10-13-5-2-1-3-6-13/h1-9,11H,10,12H2,(H,20,22). The minimum atomic E-state index is -0.0499. The van der Waals surface area contributed by atoms with E-state index >= 15 is 0 Å². The molecular weight excluding hydrogens is 388 g/mol. The van der Waals surface area contributed by atoms with Gasteiger partial charge >= 0.3 is 0 Å². The van der Waals surface area contributed by atoms with Gasteiger partial charge < -0.3 is 9.73 Å². The van der Waals surface area contributed by atoms with E-state index in [-0.39, 0.29) is 11.7 Å². The molecule has 0 spiro atoms. The fourth-order valence-corrected chi connectivity index (χ4v) is 3.11. The molecule has 3 rings (SSSR count). The predicted octanol–water partition coefficient (Wildman–Crippen LogP) is 4.51. The molecule has 1 heterocycles. The monoisotopic (exact) mass is 402 g/mol. The number of amides is 1. The lowest BCUT2D eigenvalue weighted by Gasteiger charge is -2.03. The van der Waals surface area contributed by atoms with E-state index < -0.39 is 0 Å². The van der Waals surface area contributed by atoms with Gasteiger partial charge in [0.05, 0.1) is 11.9 Å². The summed E-state index contributed by atoms with van der Waals surface area (Å²) in [7, 11) is 0. The topological polar surface area (TPSA) is 55.1 Å². The van der Waals surface area contributed by atoms with Crippen molar-refractivity contribution in [3.05, 3.63) is 70.8 Å². The molecule has 0 fully saturated rings. The number of aromatic nitrogens is 1. The van der Waals surface area contributed by atoms with Gasteiger partial charge in [0.15, 0.2) is 5.76 Å². The third-order valence-electron chi connectivity index (χ3n) is 3.25. The fourth-order valence-electron chi connectivity index (χ4n) is 2.07. The summed E-state index contributed by atoms with van der Waals surface area (Å²) < 4.78 is 6.67. The molecule has 0 saturated heterocycles. The Hall–Kier alpha value is -2.05. The van der Waals surface area contributed by atoms with Gasteiger partial charge in [-0.25, -0.2) is 4.98 Å². The number of thioether (sulfide) groups is 1. The van der Waals surface area contributed by atoms with Crippen LogP contribution in [0.2, 0.25) is 0 Å². The van der Waals surface area contributed by atoms with E-state index in [1.165, 1.54) is 11.8 Å². The number of halogens is 1. The van der Waals surface area contributed by atoms with Crippen LogP contribution in [-0.4, -0.2) is 16.6 Å². The summed E-state index contributed by atoms with van der Waals surface area (Å²) in [5.41, 5.74) is 2.01. The second-order valence-electron chi connectivity index (χ2n) is 5.05. The lowest BCUT2D eigenvalue weighted by atomic mass is 10.2. The molecule has 0 radical (unpaired) electrons. The number of carbonyl (C=O) groups excluding carboxylic acids is 1. The third-order valence-corrected chi connectivity index (χ3v) is 4.59. The Balaban J connectivity index is 1.51. The van der Waals surface area contributed by atoms with Crippen LogP contribution in [0.5, 0.6) is 0 Å². The van der Waals surface area contributed by atoms with Crippen LogP contribution >= 0.6 is 27.7 Å². The first-order chi connectivity index (χ1) is 11.7. The fraction of sp³-hybridized carbons (Fsp3) is 0.111. The highest BCUT2D eigenvalue weighted by molar-refractivity contribution is 9.10. The average molecular weight is 403 g/mol. The van der Waals surface area contributed by atoms with Crippen LogP contribution in [0.25, 0.3) is 11.3 Å². The molecule has 0 saturated carbocycles. The minimum absolute atomic E-state index is 0.0499. The molecule has 1 N–H and O–H groups in total. The molecule has 1 amide bonds. The van der Waals surface area contributed by atoms with Crippen molar-refractivity contribution in [2.75, 3.05) is 5.75 Å². The van der Waals surface area contributed by atoms with Crippen molar-refractivity contribution in [3.63, 3.8) is 0 Å². The molecule has 0 aliphatic rings. The summed E-state index contributed by atoms with van der Waals surface area (Å²) >= 11 is 4.71. The summed E-state index contributed by atoms with van der Waals surface area (Å²) in [5, 5.41) is 3.37. The molecule has 24 heavy (non-hydrogen) atoms. The highest BCUT2D eigenvalue weighted by Crippen LogP contribution is 2.27. The molecule has 1 aromatic heterocycles. The first-order valence-corrected chi connectivity index (χ1v) is 9.14. The molecule has 122 valence electrons. The molecule has 2 aromatic carbocycles. The van der Waals surface area contributed by atoms with Crippen molar-refractivity contribution >= 4 is 33.6 Å². The van der Waals surface area contributed by atoms with Crippen LogP contribution in [0.3, 0.4) is 0 Å². The van der Waals surface area contributed by atoms with Crippen molar-refractivity contribution in [1.29, 1.82) is 0 Å². The van der Waals surface area contributed by atoms with Gasteiger partial charge in [-0.05, 0) is 17.7 Å². The van der Waals surface area contributed by atoms with Gasteiger partial charge in [-0.2, -0.15) is 0 Å². The maximum atomic E-state index is 11.9. The van der Waals surface area contributed by atoms with E-state index in [4.69, 9.17) is 4.42 Å². The minimum Gasteiger partial charge on any atom is -0.431 e. The van der Waals surface area contributed by atoms with Gasteiger partial charge in [0.25, 0.3) is 5.22 Å². The maximum absolute atomic E-state index is 11.9. The van der Waals surface area contributed by atoms with Crippen molar-refractivity contribution < 1.29 is 9.21 Å². The molecule has 0 unspecified atom stereocenters. The van der Waals surface area contributed by atoms with Crippen molar-refractivity contribution in [2.24, 2.45) is 0 Å². The van der Waals surface area contributed by atoms with Crippen LogP contribution in [-0.2, 0) is 11.3 Å². The first-order valence-electron chi connectivity index (χ1n) is 7.36. The Morgan fingerprint density at radius 2 is 2.00 bits per heavy atom. The number of rotatable bonds is 6. The summed E-state index contributed by atoms with van der Waals surface area (Å²) in [6.45, 7) is 0.523. The van der Waals surface area contributed by atoms with Gasteiger partial charge in [-0.3, -0.25) is 4.79 Å². The highest BCUT2D eigenvalue weighted by atomic mass is 79.9. The van der Waals surface area contributed by atoms with Gasteiger partial charge in [0, 0.05) is 16.6 Å². The van der Waals surface area contributed by atoms with Crippen molar-refractivity contribution in [2.45, 2.75) is 11.8 Å². The summed E-state index contributed by atoms with van der Waals surface area (Å²) in [6, 6.07) is 17.6. The Kier molecular flexibility index (Phi) is 5.72. The molecule has 6 heteroatoms. The lowest BCUT2D eigenvalue weighted by Crippen LogP contribution is -2.24. The molecule has 4 nitrogen and oxygen atoms in total. The number of hydrogen-bond acceptors (Lipinski definition) is 4. The molecule has 0 aliphatic heterocycles. The number of hydrogen-bond donors (Lipinski definition) is 1. The molecule has 0 atom stereocenters. The SMILES string of the molecule is O=C(CSc1ncc(-c2cccc(Br)c2)o1)NCc1ccccc1. The van der Waals surface area contributed by atoms with E-state index in [0.29, 0.717) is 17.5 Å². The molecule has 3 aromatic rings. The Morgan fingerprint density at radius 1 is 1.17 bits per heavy atom. The number of nitrogens with zero attached hydrogens (tertiary/aromatic N) is 1. The van der Waals surface area contributed by atoms with E-state index in [1.807, 2.05) is 54.6 Å². The van der Waals surface area contributed by atoms with E-state index in [9.17, 15) is 4.79 Å². The van der Waals surface area contributed by atoms with E-state index in [1.54, 1.807) is 6.20 Å². The normalized spacial score (nSPS) is 10.5. The number of carbonyl (C=O) groups is 1. The van der Waals surface area contributed by atoms with E-state index in [0.717, 1.165) is 15.6 Å². The molecule has 0 bridgehead atoms. The van der Waals surface area contributed by atoms with E-state index in [2.05, 4.69) is 26.2 Å². The van der Waals surface area contributed by atoms with Gasteiger partial charge in [0.2, 0.25) is 5.91 Å². The highest BCUT2D eigenvalue weighted by Gasteiger charge is 2.10. The first kappa shape index (κ1) is 16.8. The number of benzene rings is 2.